The van der Waals surface area contributed by atoms with Crippen LogP contribution in [0.2, 0.25) is 0 Å². The van der Waals surface area contributed by atoms with Crippen molar-refractivity contribution in [2.75, 3.05) is 18.0 Å². The van der Waals surface area contributed by atoms with E-state index in [9.17, 15) is 4.79 Å². The van der Waals surface area contributed by atoms with Gasteiger partial charge in [-0.05, 0) is 31.6 Å². The van der Waals surface area contributed by atoms with Crippen LogP contribution in [-0.4, -0.2) is 41.0 Å². The molecule has 6 heteroatoms. The maximum Gasteiger partial charge on any atom is 0.223 e. The van der Waals surface area contributed by atoms with Crippen LogP contribution in [0, 0.1) is 5.92 Å². The Bertz CT molecular complexity index is 599. The van der Waals surface area contributed by atoms with Gasteiger partial charge in [-0.1, -0.05) is 24.2 Å². The van der Waals surface area contributed by atoms with Crippen LogP contribution in [-0.2, 0) is 17.9 Å². The number of hydrogen-bond donors (Lipinski definition) is 1. The summed E-state index contributed by atoms with van der Waals surface area (Å²) in [5, 5.41) is 4.74. The molecule has 5 rings (SSSR count). The van der Waals surface area contributed by atoms with Gasteiger partial charge in [-0.2, -0.15) is 0 Å². The molecule has 2 atom stereocenters. The molecule has 1 aliphatic carbocycles. The van der Waals surface area contributed by atoms with Gasteiger partial charge in [0.25, 0.3) is 0 Å². The first-order valence-corrected chi connectivity index (χ1v) is 10.3. The average Bonchev–Trinajstić information content (AvgIpc) is 3.30. The van der Waals surface area contributed by atoms with Crippen molar-refractivity contribution in [2.24, 2.45) is 5.92 Å². The Labute approximate surface area is 147 Å². The minimum Gasteiger partial charge on any atom is -0.340 e. The number of fused-ring (bicyclic) bond motifs is 3. The predicted molar refractivity (Wildman–Crippen MR) is 95.1 cm³/mol. The number of amides is 1. The molecule has 0 radical (unpaired) electrons. The van der Waals surface area contributed by atoms with Gasteiger partial charge >= 0.3 is 0 Å². The zero-order chi connectivity index (χ0) is 16.1. The molecule has 4 aliphatic rings. The van der Waals surface area contributed by atoms with Crippen molar-refractivity contribution in [2.45, 2.75) is 70.1 Å². The maximum atomic E-state index is 12.6. The molecular formula is C18H26N4OS. The molecule has 24 heavy (non-hydrogen) atoms. The summed E-state index contributed by atoms with van der Waals surface area (Å²) in [6.07, 6.45) is 8.43. The van der Waals surface area contributed by atoms with Crippen molar-refractivity contribution in [1.82, 2.24) is 15.2 Å². The van der Waals surface area contributed by atoms with Gasteiger partial charge in [0.15, 0.2) is 5.13 Å². The van der Waals surface area contributed by atoms with Gasteiger partial charge in [-0.15, -0.1) is 0 Å². The van der Waals surface area contributed by atoms with Crippen LogP contribution in [0.25, 0.3) is 0 Å². The van der Waals surface area contributed by atoms with Gasteiger partial charge in [0.2, 0.25) is 5.91 Å². The van der Waals surface area contributed by atoms with E-state index in [1.54, 1.807) is 0 Å². The molecule has 0 spiro atoms. The van der Waals surface area contributed by atoms with Crippen molar-refractivity contribution in [1.29, 1.82) is 0 Å². The van der Waals surface area contributed by atoms with Crippen molar-refractivity contribution < 1.29 is 4.79 Å². The summed E-state index contributed by atoms with van der Waals surface area (Å²) < 4.78 is 0. The number of anilines is 1. The second-order valence-corrected chi connectivity index (χ2v) is 8.98. The van der Waals surface area contributed by atoms with Crippen LogP contribution < -0.4 is 10.2 Å². The third-order valence-corrected chi connectivity index (χ3v) is 7.43. The van der Waals surface area contributed by atoms with Crippen LogP contribution in [0.5, 0.6) is 0 Å². The van der Waals surface area contributed by atoms with Gasteiger partial charge in [-0.3, -0.25) is 4.79 Å². The second kappa shape index (κ2) is 5.99. The molecule has 5 nitrogen and oxygen atoms in total. The molecule has 0 aromatic carbocycles. The zero-order valence-electron chi connectivity index (χ0n) is 14.2. The van der Waals surface area contributed by atoms with Gasteiger partial charge in [0, 0.05) is 31.6 Å². The predicted octanol–water partition coefficient (Wildman–Crippen LogP) is 2.51. The number of rotatable bonds is 3. The smallest absolute Gasteiger partial charge is 0.223 e. The first-order valence-electron chi connectivity index (χ1n) is 9.53. The van der Waals surface area contributed by atoms with Crippen molar-refractivity contribution in [3.05, 3.63) is 10.6 Å². The maximum absolute atomic E-state index is 12.6. The van der Waals surface area contributed by atoms with Crippen LogP contribution in [0.4, 0.5) is 5.13 Å². The van der Waals surface area contributed by atoms with Crippen LogP contribution in [0.15, 0.2) is 0 Å². The summed E-state index contributed by atoms with van der Waals surface area (Å²) >= 11 is 1.83. The Morgan fingerprint density at radius 3 is 2.58 bits per heavy atom. The first-order chi connectivity index (χ1) is 11.8. The Balaban J connectivity index is 1.26. The Kier molecular flexibility index (Phi) is 3.78. The Morgan fingerprint density at radius 1 is 1.12 bits per heavy atom. The molecule has 4 heterocycles. The number of hydrogen-bond acceptors (Lipinski definition) is 5. The highest BCUT2D eigenvalue weighted by atomic mass is 32.1. The molecule has 1 N–H and O–H groups in total. The van der Waals surface area contributed by atoms with Crippen LogP contribution in [0.1, 0.15) is 55.5 Å². The molecule has 3 aliphatic heterocycles. The lowest BCUT2D eigenvalue weighted by Gasteiger charge is -2.35. The summed E-state index contributed by atoms with van der Waals surface area (Å²) in [5.41, 5.74) is 1.16. The normalized spacial score (nSPS) is 29.5. The number of nitrogens with one attached hydrogen (secondary N) is 1. The van der Waals surface area contributed by atoms with Crippen molar-refractivity contribution in [3.63, 3.8) is 0 Å². The number of carbonyl (C=O) groups excluding carboxylic acids is 1. The van der Waals surface area contributed by atoms with E-state index >= 15 is 0 Å². The molecule has 2 saturated heterocycles. The Hall–Kier alpha value is -1.14. The highest BCUT2D eigenvalue weighted by molar-refractivity contribution is 7.15. The highest BCUT2D eigenvalue weighted by Crippen LogP contribution is 2.39. The van der Waals surface area contributed by atoms with E-state index in [-0.39, 0.29) is 0 Å². The monoisotopic (exact) mass is 346 g/mol. The highest BCUT2D eigenvalue weighted by Gasteiger charge is 2.39. The average molecular weight is 347 g/mol. The van der Waals surface area contributed by atoms with Crippen molar-refractivity contribution in [3.8, 4) is 0 Å². The Morgan fingerprint density at radius 2 is 1.88 bits per heavy atom. The third-order valence-electron chi connectivity index (χ3n) is 6.33. The zero-order valence-corrected chi connectivity index (χ0v) is 15.0. The number of nitrogens with zero attached hydrogens (tertiary/aromatic N) is 3. The van der Waals surface area contributed by atoms with Crippen LogP contribution in [0.3, 0.4) is 0 Å². The number of thiazole rings is 1. The SMILES string of the molecule is O=C(CC1CCCC1)N1Cc2nc(N3C4CCC3CNC4)sc2C1. The van der Waals surface area contributed by atoms with E-state index in [0.717, 1.165) is 38.3 Å². The van der Waals surface area contributed by atoms with E-state index in [0.29, 0.717) is 23.9 Å². The fraction of sp³-hybridized carbons (Fsp3) is 0.778. The molecule has 1 saturated carbocycles. The first kappa shape index (κ1) is 15.1. The van der Waals surface area contributed by atoms with Crippen molar-refractivity contribution >= 4 is 22.4 Å². The van der Waals surface area contributed by atoms with Gasteiger partial charge in [0.1, 0.15) is 0 Å². The number of carbonyl (C=O) groups is 1. The fourth-order valence-corrected chi connectivity index (χ4v) is 6.22. The third kappa shape index (κ3) is 2.54. The molecule has 1 aromatic rings. The quantitative estimate of drug-likeness (QED) is 0.914. The van der Waals surface area contributed by atoms with E-state index < -0.39 is 0 Å². The number of aromatic nitrogens is 1. The minimum absolute atomic E-state index is 0.343. The molecule has 1 amide bonds. The second-order valence-electron chi connectivity index (χ2n) is 7.92. The van der Waals surface area contributed by atoms with Gasteiger partial charge < -0.3 is 15.1 Å². The van der Waals surface area contributed by atoms with Gasteiger partial charge in [0.05, 0.1) is 23.7 Å². The van der Waals surface area contributed by atoms with E-state index in [2.05, 4.69) is 10.2 Å². The lowest BCUT2D eigenvalue weighted by molar-refractivity contribution is -0.132. The summed E-state index contributed by atoms with van der Waals surface area (Å²) in [6.45, 7) is 3.71. The molecule has 2 unspecified atom stereocenters. The topological polar surface area (TPSA) is 48.5 Å². The molecule has 2 bridgehead atoms. The summed E-state index contributed by atoms with van der Waals surface area (Å²) in [7, 11) is 0. The molecule has 130 valence electrons. The minimum atomic E-state index is 0.343. The molecule has 1 aromatic heterocycles. The fourth-order valence-electron chi connectivity index (χ4n) is 4.99. The largest absolute Gasteiger partial charge is 0.340 e. The van der Waals surface area contributed by atoms with E-state index in [4.69, 9.17) is 4.98 Å². The molecule has 3 fully saturated rings. The standard InChI is InChI=1S/C18H26N4OS/c23-17(7-12-3-1-2-4-12)21-10-15-16(11-21)24-18(20-15)22-13-5-6-14(22)9-19-8-13/h12-14,19H,1-11H2. The van der Waals surface area contributed by atoms with Crippen LogP contribution >= 0.6 is 11.3 Å². The van der Waals surface area contributed by atoms with Gasteiger partial charge in [-0.25, -0.2) is 4.98 Å². The summed E-state index contributed by atoms with van der Waals surface area (Å²) in [6, 6.07) is 1.24. The number of piperazine rings is 1. The molecular weight excluding hydrogens is 320 g/mol. The summed E-state index contributed by atoms with van der Waals surface area (Å²) in [4.78, 5) is 23.4. The lowest BCUT2D eigenvalue weighted by atomic mass is 10.0. The van der Waals surface area contributed by atoms with E-state index in [1.165, 1.54) is 48.5 Å². The summed E-state index contributed by atoms with van der Waals surface area (Å²) in [5.74, 6) is 0.979. The van der Waals surface area contributed by atoms with E-state index in [1.807, 2.05) is 16.2 Å². The lowest BCUT2D eigenvalue weighted by Crippen LogP contribution is -2.52.